The molecule has 176 valence electrons. The highest BCUT2D eigenvalue weighted by Gasteiger charge is 2.27. The number of hydrogen-bond donors (Lipinski definition) is 1. The van der Waals surface area contributed by atoms with Crippen LogP contribution in [-0.2, 0) is 0 Å². The zero-order chi connectivity index (χ0) is 24.8. The Balaban J connectivity index is 0.000000928. The topological polar surface area (TPSA) is 12.0 Å². The van der Waals surface area contributed by atoms with E-state index in [-0.39, 0.29) is 17.6 Å². The van der Waals surface area contributed by atoms with E-state index < -0.39 is 0 Å². The van der Waals surface area contributed by atoms with Crippen LogP contribution in [0.5, 0.6) is 0 Å². The van der Waals surface area contributed by atoms with Crippen molar-refractivity contribution in [3.63, 3.8) is 0 Å². The van der Waals surface area contributed by atoms with Crippen molar-refractivity contribution in [2.45, 2.75) is 80.6 Å². The van der Waals surface area contributed by atoms with Crippen molar-refractivity contribution in [2.75, 3.05) is 7.05 Å². The highest BCUT2D eigenvalue weighted by atomic mass is 19.1. The summed E-state index contributed by atoms with van der Waals surface area (Å²) >= 11 is 0. The maximum Gasteiger partial charge on any atom is 0.126 e. The first kappa shape index (κ1) is 30.1. The molecule has 1 aliphatic rings. The Kier molecular flexibility index (Phi) is 14.8. The Hall–Kier alpha value is -1.94. The Labute approximate surface area is 197 Å². The third kappa shape index (κ3) is 8.90. The first-order valence-corrected chi connectivity index (χ1v) is 11.9. The Morgan fingerprint density at radius 1 is 1.00 bits per heavy atom. The van der Waals surface area contributed by atoms with Crippen molar-refractivity contribution in [3.8, 4) is 0 Å². The average Bonchev–Trinajstić information content (AvgIpc) is 2.76. The molecular formula is C28H42BF2N. The van der Waals surface area contributed by atoms with E-state index in [2.05, 4.69) is 18.3 Å². The predicted octanol–water partition coefficient (Wildman–Crippen LogP) is 8.09. The standard InChI is InChI=1S/C21H22F2.C3H8BN.2C2H6/c1-13-11-19(15(3)20(23)12-13)21(17-5-4-6-17)14(2)16-7-9-18(22)10-8-16;1-3(4)5-2;2*1-2/h7-12,17H,4-6H2,1-3H3;3,5H,1-2H3;2*1-2H3/b21-14+;;;. The second-order valence-electron chi connectivity index (χ2n) is 7.67. The largest absolute Gasteiger partial charge is 0.326 e. The Morgan fingerprint density at radius 3 is 1.91 bits per heavy atom. The van der Waals surface area contributed by atoms with Gasteiger partial charge in [0.2, 0.25) is 0 Å². The van der Waals surface area contributed by atoms with Gasteiger partial charge < -0.3 is 5.32 Å². The van der Waals surface area contributed by atoms with Gasteiger partial charge in [-0.15, -0.1) is 0 Å². The molecule has 2 radical (unpaired) electrons. The van der Waals surface area contributed by atoms with Gasteiger partial charge in [-0.1, -0.05) is 59.2 Å². The molecule has 2 aromatic rings. The van der Waals surface area contributed by atoms with E-state index in [9.17, 15) is 8.78 Å². The van der Waals surface area contributed by atoms with Gasteiger partial charge in [0.15, 0.2) is 0 Å². The minimum atomic E-state index is -0.232. The monoisotopic (exact) mass is 441 g/mol. The molecule has 0 amide bonds. The van der Waals surface area contributed by atoms with Gasteiger partial charge in [-0.25, -0.2) is 8.78 Å². The lowest BCUT2D eigenvalue weighted by Gasteiger charge is -2.31. The van der Waals surface area contributed by atoms with Gasteiger partial charge in [-0.3, -0.25) is 0 Å². The van der Waals surface area contributed by atoms with Crippen molar-refractivity contribution in [3.05, 3.63) is 70.3 Å². The highest BCUT2D eigenvalue weighted by Crippen LogP contribution is 2.44. The summed E-state index contributed by atoms with van der Waals surface area (Å²) in [6.07, 6.45) is 3.50. The summed E-state index contributed by atoms with van der Waals surface area (Å²) in [5.41, 5.74) is 6.01. The average molecular weight is 441 g/mol. The van der Waals surface area contributed by atoms with Crippen LogP contribution in [0.3, 0.4) is 0 Å². The molecule has 4 heteroatoms. The predicted molar refractivity (Wildman–Crippen MR) is 139 cm³/mol. The molecule has 1 fully saturated rings. The van der Waals surface area contributed by atoms with E-state index in [0.29, 0.717) is 11.5 Å². The maximum absolute atomic E-state index is 14.2. The molecule has 0 aromatic heterocycles. The molecule has 0 bridgehead atoms. The van der Waals surface area contributed by atoms with E-state index in [1.54, 1.807) is 6.07 Å². The van der Waals surface area contributed by atoms with Crippen LogP contribution in [0.25, 0.3) is 11.1 Å². The maximum atomic E-state index is 14.2. The number of aryl methyl sites for hydroxylation is 1. The van der Waals surface area contributed by atoms with Gasteiger partial charge in [0.1, 0.15) is 11.6 Å². The molecule has 1 nitrogen and oxygen atoms in total. The van der Waals surface area contributed by atoms with Gasteiger partial charge in [0.05, 0.1) is 7.85 Å². The minimum Gasteiger partial charge on any atom is -0.326 e. The summed E-state index contributed by atoms with van der Waals surface area (Å²) < 4.78 is 27.4. The fourth-order valence-corrected chi connectivity index (χ4v) is 3.37. The normalized spacial score (nSPS) is 14.2. The molecule has 2 aromatic carbocycles. The summed E-state index contributed by atoms with van der Waals surface area (Å²) in [5.74, 6) is 0.225. The van der Waals surface area contributed by atoms with E-state index in [1.807, 2.05) is 67.6 Å². The van der Waals surface area contributed by atoms with Crippen LogP contribution in [0.1, 0.15) is 83.1 Å². The lowest BCUT2D eigenvalue weighted by atomic mass is 9.73. The summed E-state index contributed by atoms with van der Waals surface area (Å²) in [5, 5.41) is 2.81. The summed E-state index contributed by atoms with van der Waals surface area (Å²) in [7, 11) is 7.00. The molecule has 1 aliphatic carbocycles. The smallest absolute Gasteiger partial charge is 0.126 e. The third-order valence-electron chi connectivity index (χ3n) is 5.43. The van der Waals surface area contributed by atoms with Gasteiger partial charge >= 0.3 is 0 Å². The van der Waals surface area contributed by atoms with E-state index >= 15 is 0 Å². The zero-order valence-corrected chi connectivity index (χ0v) is 21.6. The van der Waals surface area contributed by atoms with Crippen LogP contribution >= 0.6 is 0 Å². The first-order valence-electron chi connectivity index (χ1n) is 11.9. The molecule has 32 heavy (non-hydrogen) atoms. The van der Waals surface area contributed by atoms with Crippen LogP contribution in [-0.4, -0.2) is 20.8 Å². The van der Waals surface area contributed by atoms with E-state index in [4.69, 9.17) is 7.85 Å². The van der Waals surface area contributed by atoms with Crippen LogP contribution < -0.4 is 5.32 Å². The van der Waals surface area contributed by atoms with Crippen LogP contribution in [0.2, 0.25) is 0 Å². The van der Waals surface area contributed by atoms with Crippen LogP contribution in [0, 0.1) is 31.4 Å². The number of hydrogen-bond acceptors (Lipinski definition) is 1. The molecular weight excluding hydrogens is 399 g/mol. The number of benzene rings is 2. The number of nitrogens with one attached hydrogen (secondary N) is 1. The van der Waals surface area contributed by atoms with Crippen molar-refractivity contribution in [2.24, 2.45) is 5.92 Å². The number of rotatable bonds is 4. The molecule has 0 saturated heterocycles. The molecule has 1 atom stereocenters. The van der Waals surface area contributed by atoms with Crippen LogP contribution in [0.15, 0.2) is 36.4 Å². The van der Waals surface area contributed by atoms with E-state index in [0.717, 1.165) is 35.1 Å². The second-order valence-corrected chi connectivity index (χ2v) is 7.67. The molecule has 0 heterocycles. The summed E-state index contributed by atoms with van der Waals surface area (Å²) in [6.45, 7) is 15.7. The lowest BCUT2D eigenvalue weighted by molar-refractivity contribution is 0.401. The highest BCUT2D eigenvalue weighted by molar-refractivity contribution is 6.11. The molecule has 1 N–H and O–H groups in total. The Bertz CT molecular complexity index is 822. The number of halogens is 2. The summed E-state index contributed by atoms with van der Waals surface area (Å²) in [4.78, 5) is 0. The first-order chi connectivity index (χ1) is 15.2. The van der Waals surface area contributed by atoms with Crippen molar-refractivity contribution < 1.29 is 8.78 Å². The number of allylic oxidation sites excluding steroid dienone is 2. The molecule has 1 unspecified atom stereocenters. The van der Waals surface area contributed by atoms with Crippen molar-refractivity contribution in [1.82, 2.24) is 5.32 Å². The molecule has 1 saturated carbocycles. The van der Waals surface area contributed by atoms with Crippen molar-refractivity contribution >= 4 is 19.0 Å². The molecule has 0 aliphatic heterocycles. The second kappa shape index (κ2) is 15.8. The van der Waals surface area contributed by atoms with Crippen LogP contribution in [0.4, 0.5) is 8.78 Å². The quantitative estimate of drug-likeness (QED) is 0.373. The van der Waals surface area contributed by atoms with E-state index in [1.165, 1.54) is 24.1 Å². The SMILES string of the molecule is C/C(=C(\c1cc(C)cc(F)c1C)C1CCC1)c1ccc(F)cc1.CC.CC.[B]C(C)NC. The van der Waals surface area contributed by atoms with Crippen molar-refractivity contribution in [1.29, 1.82) is 0 Å². The molecule has 3 rings (SSSR count). The third-order valence-corrected chi connectivity index (χ3v) is 5.43. The Morgan fingerprint density at radius 2 is 1.50 bits per heavy atom. The van der Waals surface area contributed by atoms with Gasteiger partial charge in [-0.05, 0) is 104 Å². The van der Waals surface area contributed by atoms with Gasteiger partial charge in [-0.2, -0.15) is 0 Å². The fraction of sp³-hybridized carbons (Fsp3) is 0.500. The molecule has 0 spiro atoms. The summed E-state index contributed by atoms with van der Waals surface area (Å²) in [6, 6.07) is 10.3. The fourth-order valence-electron chi connectivity index (χ4n) is 3.37. The van der Waals surface area contributed by atoms with Gasteiger partial charge in [0.25, 0.3) is 0 Å². The lowest BCUT2D eigenvalue weighted by Crippen LogP contribution is -2.20. The minimum absolute atomic E-state index is 0.134. The zero-order valence-electron chi connectivity index (χ0n) is 21.6. The van der Waals surface area contributed by atoms with Gasteiger partial charge in [0, 0.05) is 0 Å².